The maximum absolute atomic E-state index is 12.7. The van der Waals surface area contributed by atoms with Crippen molar-refractivity contribution in [2.45, 2.75) is 19.8 Å². The number of fused-ring (bicyclic) bond motifs is 1. The molecule has 0 aliphatic rings. The molecule has 5 heteroatoms. The lowest BCUT2D eigenvalue weighted by Crippen LogP contribution is -2.11. The summed E-state index contributed by atoms with van der Waals surface area (Å²) in [6, 6.07) is 12.8. The van der Waals surface area contributed by atoms with E-state index in [2.05, 4.69) is 25.9 Å². The van der Waals surface area contributed by atoms with Gasteiger partial charge < -0.3 is 4.74 Å². The third kappa shape index (κ3) is 3.24. The second kappa shape index (κ2) is 6.46. The number of ether oxygens (including phenoxy) is 1. The number of aromatic nitrogens is 2. The van der Waals surface area contributed by atoms with E-state index in [1.54, 1.807) is 24.4 Å². The molecule has 0 radical (unpaired) electrons. The zero-order valence-corrected chi connectivity index (χ0v) is 14.4. The molecular weight excluding hydrogens is 356 g/mol. The zero-order chi connectivity index (χ0) is 16.4. The zero-order valence-electron chi connectivity index (χ0n) is 12.8. The standard InChI is InChI=1S/C18H15BrN2O2/c1-11(2)15-10-13(12-6-3-4-7-14(12)21-15)18(22)23-16-8-5-9-20-17(16)19/h3-11H,1-2H3. The lowest BCUT2D eigenvalue weighted by molar-refractivity contribution is 0.0734. The van der Waals surface area contributed by atoms with Crippen LogP contribution in [0.4, 0.5) is 0 Å². The lowest BCUT2D eigenvalue weighted by Gasteiger charge is -2.11. The Kier molecular flexibility index (Phi) is 4.39. The van der Waals surface area contributed by atoms with E-state index in [9.17, 15) is 4.79 Å². The molecule has 0 atom stereocenters. The molecule has 116 valence electrons. The van der Waals surface area contributed by atoms with Crippen molar-refractivity contribution in [1.29, 1.82) is 0 Å². The second-order valence-electron chi connectivity index (χ2n) is 5.45. The van der Waals surface area contributed by atoms with Crippen molar-refractivity contribution in [3.8, 4) is 5.75 Å². The SMILES string of the molecule is CC(C)c1cc(C(=O)Oc2cccnc2Br)c2ccccc2n1. The molecule has 0 bridgehead atoms. The van der Waals surface area contributed by atoms with Crippen LogP contribution in [0.2, 0.25) is 0 Å². The van der Waals surface area contributed by atoms with Crippen LogP contribution in [0.15, 0.2) is 53.3 Å². The van der Waals surface area contributed by atoms with Crippen molar-refractivity contribution < 1.29 is 9.53 Å². The van der Waals surface area contributed by atoms with Gasteiger partial charge in [-0.3, -0.25) is 4.98 Å². The van der Waals surface area contributed by atoms with Gasteiger partial charge in [-0.2, -0.15) is 0 Å². The molecule has 3 rings (SSSR count). The molecule has 2 heterocycles. The van der Waals surface area contributed by atoms with E-state index in [4.69, 9.17) is 4.74 Å². The first-order chi connectivity index (χ1) is 11.1. The predicted octanol–water partition coefficient (Wildman–Crippen LogP) is 4.73. The molecule has 0 unspecified atom stereocenters. The molecule has 0 amide bonds. The average molecular weight is 371 g/mol. The smallest absolute Gasteiger partial charge is 0.344 e. The largest absolute Gasteiger partial charge is 0.420 e. The van der Waals surface area contributed by atoms with E-state index >= 15 is 0 Å². The molecule has 23 heavy (non-hydrogen) atoms. The Bertz CT molecular complexity index is 878. The van der Waals surface area contributed by atoms with Crippen LogP contribution in [0, 0.1) is 0 Å². The molecule has 0 fully saturated rings. The van der Waals surface area contributed by atoms with Crippen molar-refractivity contribution in [2.24, 2.45) is 0 Å². The molecule has 4 nitrogen and oxygen atoms in total. The van der Waals surface area contributed by atoms with E-state index in [0.29, 0.717) is 15.9 Å². The van der Waals surface area contributed by atoms with Gasteiger partial charge in [0.1, 0.15) is 4.60 Å². The topological polar surface area (TPSA) is 52.1 Å². The summed E-state index contributed by atoms with van der Waals surface area (Å²) in [5, 5.41) is 0.780. The third-order valence-electron chi connectivity index (χ3n) is 3.47. The molecule has 1 aromatic carbocycles. The van der Waals surface area contributed by atoms with Gasteiger partial charge in [-0.05, 0) is 46.1 Å². The van der Waals surface area contributed by atoms with Gasteiger partial charge in [0.15, 0.2) is 5.75 Å². The van der Waals surface area contributed by atoms with Crippen LogP contribution >= 0.6 is 15.9 Å². The van der Waals surface area contributed by atoms with Gasteiger partial charge in [0, 0.05) is 17.3 Å². The van der Waals surface area contributed by atoms with E-state index in [0.717, 1.165) is 16.6 Å². The van der Waals surface area contributed by atoms with E-state index in [1.165, 1.54) is 0 Å². The highest BCUT2D eigenvalue weighted by Gasteiger charge is 2.17. The van der Waals surface area contributed by atoms with Gasteiger partial charge in [0.05, 0.1) is 11.1 Å². The summed E-state index contributed by atoms with van der Waals surface area (Å²) in [5.74, 6) is 0.194. The number of carbonyl (C=O) groups is 1. The Morgan fingerprint density at radius 1 is 1.17 bits per heavy atom. The summed E-state index contributed by atoms with van der Waals surface area (Å²) >= 11 is 3.28. The Morgan fingerprint density at radius 3 is 2.70 bits per heavy atom. The summed E-state index contributed by atoms with van der Waals surface area (Å²) in [6.07, 6.45) is 1.63. The number of carbonyl (C=O) groups excluding carboxylic acids is 1. The van der Waals surface area contributed by atoms with E-state index in [1.807, 2.05) is 38.1 Å². The Morgan fingerprint density at radius 2 is 1.96 bits per heavy atom. The van der Waals surface area contributed by atoms with Gasteiger partial charge in [0.25, 0.3) is 0 Å². The van der Waals surface area contributed by atoms with E-state index in [-0.39, 0.29) is 5.92 Å². The molecule has 0 aliphatic heterocycles. The normalized spacial score (nSPS) is 11.0. The fourth-order valence-corrected chi connectivity index (χ4v) is 2.59. The number of rotatable bonds is 3. The Labute approximate surface area is 142 Å². The van der Waals surface area contributed by atoms with Crippen LogP contribution in [0.25, 0.3) is 10.9 Å². The number of hydrogen-bond acceptors (Lipinski definition) is 4. The van der Waals surface area contributed by atoms with Crippen molar-refractivity contribution in [1.82, 2.24) is 9.97 Å². The minimum Gasteiger partial charge on any atom is -0.420 e. The molecule has 3 aromatic rings. The quantitative estimate of drug-likeness (QED) is 0.493. The average Bonchev–Trinajstić information content (AvgIpc) is 2.55. The van der Waals surface area contributed by atoms with Crippen molar-refractivity contribution in [2.75, 3.05) is 0 Å². The van der Waals surface area contributed by atoms with Gasteiger partial charge in [-0.15, -0.1) is 0 Å². The van der Waals surface area contributed by atoms with Crippen LogP contribution in [0.5, 0.6) is 5.75 Å². The summed E-state index contributed by atoms with van der Waals surface area (Å²) < 4.78 is 5.99. The molecule has 0 spiro atoms. The molecule has 0 aliphatic carbocycles. The highest BCUT2D eigenvalue weighted by Crippen LogP contribution is 2.26. The number of para-hydroxylation sites is 1. The monoisotopic (exact) mass is 370 g/mol. The van der Waals surface area contributed by atoms with E-state index < -0.39 is 5.97 Å². The van der Waals surface area contributed by atoms with Gasteiger partial charge in [0.2, 0.25) is 0 Å². The second-order valence-corrected chi connectivity index (χ2v) is 6.20. The van der Waals surface area contributed by atoms with Crippen LogP contribution in [-0.2, 0) is 0 Å². The first-order valence-corrected chi connectivity index (χ1v) is 8.08. The summed E-state index contributed by atoms with van der Waals surface area (Å²) in [4.78, 5) is 21.3. The molecule has 0 N–H and O–H groups in total. The summed E-state index contributed by atoms with van der Waals surface area (Å²) in [5.41, 5.74) is 2.16. The Hall–Kier alpha value is -2.27. The summed E-state index contributed by atoms with van der Waals surface area (Å²) in [6.45, 7) is 4.09. The van der Waals surface area contributed by atoms with Gasteiger partial charge in [-0.25, -0.2) is 9.78 Å². The van der Waals surface area contributed by atoms with Gasteiger partial charge >= 0.3 is 5.97 Å². The first-order valence-electron chi connectivity index (χ1n) is 7.28. The van der Waals surface area contributed by atoms with Gasteiger partial charge in [-0.1, -0.05) is 32.0 Å². The number of hydrogen-bond donors (Lipinski definition) is 0. The predicted molar refractivity (Wildman–Crippen MR) is 92.7 cm³/mol. The van der Waals surface area contributed by atoms with Crippen LogP contribution in [0.1, 0.15) is 35.8 Å². The fourth-order valence-electron chi connectivity index (χ4n) is 2.26. The molecule has 0 saturated heterocycles. The lowest BCUT2D eigenvalue weighted by atomic mass is 10.0. The Balaban J connectivity index is 2.07. The molecule has 2 aromatic heterocycles. The maximum Gasteiger partial charge on any atom is 0.344 e. The minimum atomic E-state index is -0.417. The van der Waals surface area contributed by atoms with Crippen LogP contribution < -0.4 is 4.74 Å². The van der Waals surface area contributed by atoms with Crippen LogP contribution in [-0.4, -0.2) is 15.9 Å². The first kappa shape index (κ1) is 15.6. The number of esters is 1. The molecular formula is C18H15BrN2O2. The number of pyridine rings is 2. The fraction of sp³-hybridized carbons (Fsp3) is 0.167. The highest BCUT2D eigenvalue weighted by molar-refractivity contribution is 9.10. The van der Waals surface area contributed by atoms with Crippen LogP contribution in [0.3, 0.4) is 0 Å². The molecule has 0 saturated carbocycles. The maximum atomic E-state index is 12.7. The van der Waals surface area contributed by atoms with Crippen molar-refractivity contribution >= 4 is 32.8 Å². The summed E-state index contributed by atoms with van der Waals surface area (Å²) in [7, 11) is 0. The van der Waals surface area contributed by atoms with Crippen molar-refractivity contribution in [3.05, 3.63) is 64.5 Å². The number of benzene rings is 1. The third-order valence-corrected chi connectivity index (χ3v) is 4.07. The van der Waals surface area contributed by atoms with Crippen molar-refractivity contribution in [3.63, 3.8) is 0 Å². The highest BCUT2D eigenvalue weighted by atomic mass is 79.9. The number of nitrogens with zero attached hydrogens (tertiary/aromatic N) is 2. The minimum absolute atomic E-state index is 0.219. The number of halogens is 1.